The quantitative estimate of drug-likeness (QED) is 0.618. The second-order valence-corrected chi connectivity index (χ2v) is 9.51. The number of nitrogens with zero attached hydrogens (tertiary/aromatic N) is 3. The van der Waals surface area contributed by atoms with Gasteiger partial charge in [0.2, 0.25) is 0 Å². The van der Waals surface area contributed by atoms with Crippen molar-refractivity contribution in [3.8, 4) is 0 Å². The summed E-state index contributed by atoms with van der Waals surface area (Å²) in [5.74, 6) is -0.863. The van der Waals surface area contributed by atoms with Gasteiger partial charge in [-0.3, -0.25) is 4.79 Å². The highest BCUT2D eigenvalue weighted by atomic mass is 35.5. The van der Waals surface area contributed by atoms with Gasteiger partial charge < -0.3 is 15.0 Å². The maximum atomic E-state index is 14.7. The van der Waals surface area contributed by atoms with E-state index < -0.39 is 29.3 Å². The molecule has 1 heterocycles. The first-order valence-corrected chi connectivity index (χ1v) is 11.4. The van der Waals surface area contributed by atoms with Gasteiger partial charge in [-0.25, -0.2) is 14.2 Å². The molecule has 34 heavy (non-hydrogen) atoms. The third-order valence-electron chi connectivity index (χ3n) is 5.28. The molecule has 3 amide bonds. The summed E-state index contributed by atoms with van der Waals surface area (Å²) in [6, 6.07) is 12.4. The molecule has 0 radical (unpaired) electrons. The number of hydrazone groups is 1. The third-order valence-corrected chi connectivity index (χ3v) is 5.61. The highest BCUT2D eigenvalue weighted by Gasteiger charge is 2.36. The zero-order chi connectivity index (χ0) is 24.9. The van der Waals surface area contributed by atoms with Crippen LogP contribution in [0.2, 0.25) is 5.02 Å². The lowest BCUT2D eigenvalue weighted by atomic mass is 9.98. The fourth-order valence-electron chi connectivity index (χ4n) is 3.68. The first kappa shape index (κ1) is 25.6. The van der Waals surface area contributed by atoms with Crippen LogP contribution in [0.5, 0.6) is 0 Å². The molecule has 7 nitrogen and oxygen atoms in total. The molecule has 3 rings (SSSR count). The summed E-state index contributed by atoms with van der Waals surface area (Å²) in [6.45, 7) is 5.80. The van der Waals surface area contributed by atoms with E-state index in [1.54, 1.807) is 30.3 Å². The standard InChI is InChI=1S/C25H30ClFN4O3/c1-25(2,3)28-24(33)30(13-14-34-4)16-23(32)31-22(18-10-6-8-12-20(18)27)15-21(29-31)17-9-5-7-11-19(17)26/h5-12,22H,13-16H2,1-4H3,(H,28,33)/t22-/m0/s1. The van der Waals surface area contributed by atoms with Crippen LogP contribution in [0.15, 0.2) is 53.6 Å². The number of amides is 3. The van der Waals surface area contributed by atoms with Crippen LogP contribution in [0.25, 0.3) is 0 Å². The van der Waals surface area contributed by atoms with Gasteiger partial charge in [-0.15, -0.1) is 0 Å². The molecule has 182 valence electrons. The lowest BCUT2D eigenvalue weighted by Crippen LogP contribution is -2.52. The molecule has 1 N–H and O–H groups in total. The van der Waals surface area contributed by atoms with Gasteiger partial charge in [0.25, 0.3) is 5.91 Å². The molecular formula is C25H30ClFN4O3. The Morgan fingerprint density at radius 1 is 1.21 bits per heavy atom. The van der Waals surface area contributed by atoms with Gasteiger partial charge in [-0.2, -0.15) is 5.10 Å². The van der Waals surface area contributed by atoms with Crippen molar-refractivity contribution in [1.29, 1.82) is 0 Å². The van der Waals surface area contributed by atoms with Crippen molar-refractivity contribution in [1.82, 2.24) is 15.2 Å². The van der Waals surface area contributed by atoms with E-state index >= 15 is 0 Å². The normalized spacial score (nSPS) is 15.8. The maximum absolute atomic E-state index is 14.7. The number of ether oxygens (including phenoxy) is 1. The minimum absolute atomic E-state index is 0.212. The first-order valence-electron chi connectivity index (χ1n) is 11.1. The van der Waals surface area contributed by atoms with Crippen LogP contribution in [0, 0.1) is 5.82 Å². The summed E-state index contributed by atoms with van der Waals surface area (Å²) in [5.41, 5.74) is 1.13. The molecule has 0 bridgehead atoms. The predicted octanol–water partition coefficient (Wildman–Crippen LogP) is 4.61. The molecule has 9 heteroatoms. The number of rotatable bonds is 7. The summed E-state index contributed by atoms with van der Waals surface area (Å²) in [7, 11) is 1.52. The number of benzene rings is 2. The monoisotopic (exact) mass is 488 g/mol. The zero-order valence-corrected chi connectivity index (χ0v) is 20.6. The molecule has 0 spiro atoms. The fourth-order valence-corrected chi connectivity index (χ4v) is 3.92. The minimum Gasteiger partial charge on any atom is -0.383 e. The lowest BCUT2D eigenvalue weighted by Gasteiger charge is -2.30. The van der Waals surface area contributed by atoms with E-state index in [2.05, 4.69) is 10.4 Å². The smallest absolute Gasteiger partial charge is 0.318 e. The fraction of sp³-hybridized carbons (Fsp3) is 0.400. The number of halogens is 2. The van der Waals surface area contributed by atoms with Crippen molar-refractivity contribution >= 4 is 29.3 Å². The molecule has 0 saturated carbocycles. The lowest BCUT2D eigenvalue weighted by molar-refractivity contribution is -0.133. The third kappa shape index (κ3) is 6.33. The van der Waals surface area contributed by atoms with Crippen molar-refractivity contribution in [2.75, 3.05) is 26.8 Å². The van der Waals surface area contributed by atoms with Gasteiger partial charge in [0.1, 0.15) is 12.4 Å². The van der Waals surface area contributed by atoms with Gasteiger partial charge in [-0.05, 0) is 32.9 Å². The molecule has 2 aromatic carbocycles. The predicted molar refractivity (Wildman–Crippen MR) is 130 cm³/mol. The van der Waals surface area contributed by atoms with E-state index in [4.69, 9.17) is 16.3 Å². The van der Waals surface area contributed by atoms with Crippen LogP contribution in [0.3, 0.4) is 0 Å². The molecular weight excluding hydrogens is 459 g/mol. The minimum atomic E-state index is -0.657. The van der Waals surface area contributed by atoms with Gasteiger partial charge in [0, 0.05) is 41.8 Å². The Hall–Kier alpha value is -2.97. The summed E-state index contributed by atoms with van der Waals surface area (Å²) in [5, 5.41) is 9.17. The topological polar surface area (TPSA) is 74.2 Å². The first-order chi connectivity index (χ1) is 16.1. The van der Waals surface area contributed by atoms with Crippen molar-refractivity contribution in [3.05, 3.63) is 70.5 Å². The van der Waals surface area contributed by atoms with Gasteiger partial charge in [0.15, 0.2) is 0 Å². The van der Waals surface area contributed by atoms with Gasteiger partial charge >= 0.3 is 6.03 Å². The number of hydrogen-bond acceptors (Lipinski definition) is 4. The molecule has 2 aromatic rings. The van der Waals surface area contributed by atoms with Crippen molar-refractivity contribution in [2.24, 2.45) is 5.10 Å². The molecule has 0 aromatic heterocycles. The highest BCUT2D eigenvalue weighted by molar-refractivity contribution is 6.34. The van der Waals surface area contributed by atoms with Crippen molar-refractivity contribution in [3.63, 3.8) is 0 Å². The average molecular weight is 489 g/mol. The number of nitrogens with one attached hydrogen (secondary N) is 1. The molecule has 0 unspecified atom stereocenters. The Morgan fingerprint density at radius 2 is 1.88 bits per heavy atom. The number of urea groups is 1. The second-order valence-electron chi connectivity index (χ2n) is 9.10. The van der Waals surface area contributed by atoms with Gasteiger partial charge in [0.05, 0.1) is 18.4 Å². The second kappa shape index (κ2) is 11.0. The molecule has 1 aliphatic rings. The maximum Gasteiger partial charge on any atom is 0.318 e. The summed E-state index contributed by atoms with van der Waals surface area (Å²) >= 11 is 6.37. The van der Waals surface area contributed by atoms with E-state index in [9.17, 15) is 14.0 Å². The molecule has 0 fully saturated rings. The van der Waals surface area contributed by atoms with E-state index in [0.717, 1.165) is 0 Å². The molecule has 0 saturated heterocycles. The molecule has 0 aliphatic carbocycles. The van der Waals surface area contributed by atoms with Gasteiger partial charge in [-0.1, -0.05) is 48.0 Å². The van der Waals surface area contributed by atoms with Crippen LogP contribution in [0.1, 0.15) is 44.4 Å². The number of carbonyl (C=O) groups is 2. The van der Waals surface area contributed by atoms with E-state index in [0.29, 0.717) is 28.3 Å². The number of methoxy groups -OCH3 is 1. The average Bonchev–Trinajstić information content (AvgIpc) is 3.21. The van der Waals surface area contributed by atoms with Crippen LogP contribution < -0.4 is 5.32 Å². The van der Waals surface area contributed by atoms with Crippen LogP contribution in [0.4, 0.5) is 9.18 Å². The summed E-state index contributed by atoms with van der Waals surface area (Å²) in [4.78, 5) is 27.6. The number of hydrogen-bond donors (Lipinski definition) is 1. The van der Waals surface area contributed by atoms with E-state index in [1.165, 1.54) is 23.1 Å². The summed E-state index contributed by atoms with van der Waals surface area (Å²) < 4.78 is 19.8. The Morgan fingerprint density at radius 3 is 2.53 bits per heavy atom. The highest BCUT2D eigenvalue weighted by Crippen LogP contribution is 2.35. The zero-order valence-electron chi connectivity index (χ0n) is 19.8. The van der Waals surface area contributed by atoms with Crippen LogP contribution >= 0.6 is 11.6 Å². The van der Waals surface area contributed by atoms with Crippen molar-refractivity contribution in [2.45, 2.75) is 38.8 Å². The Bertz CT molecular complexity index is 1070. The Labute approximate surface area is 204 Å². The SMILES string of the molecule is COCCN(CC(=O)N1N=C(c2ccccc2Cl)C[C@H]1c1ccccc1F)C(=O)NC(C)(C)C. The van der Waals surface area contributed by atoms with Crippen LogP contribution in [-0.4, -0.2) is 59.9 Å². The largest absolute Gasteiger partial charge is 0.383 e. The number of carbonyl (C=O) groups excluding carboxylic acids is 2. The van der Waals surface area contributed by atoms with Crippen LogP contribution in [-0.2, 0) is 9.53 Å². The Balaban J connectivity index is 1.92. The summed E-state index contributed by atoms with van der Waals surface area (Å²) in [6.07, 6.45) is 0.294. The Kier molecular flexibility index (Phi) is 8.28. The molecule has 1 atom stereocenters. The van der Waals surface area contributed by atoms with Crippen molar-refractivity contribution < 1.29 is 18.7 Å². The van der Waals surface area contributed by atoms with E-state index in [1.807, 2.05) is 32.9 Å². The van der Waals surface area contributed by atoms with E-state index in [-0.39, 0.29) is 19.7 Å². The molecule has 1 aliphatic heterocycles.